The van der Waals surface area contributed by atoms with Gasteiger partial charge >= 0.3 is 5.69 Å². The van der Waals surface area contributed by atoms with Crippen molar-refractivity contribution in [2.24, 2.45) is 19.5 Å². The minimum atomic E-state index is -0.237. The van der Waals surface area contributed by atoms with E-state index in [2.05, 4.69) is 6.92 Å². The first kappa shape index (κ1) is 14.1. The van der Waals surface area contributed by atoms with Crippen molar-refractivity contribution in [2.45, 2.75) is 39.0 Å². The molecule has 4 heteroatoms. The SMILES string of the molecule is Cn1c(=O)n(C)c2cc(C(=O)C3(C)CCCCC3)ccc21. The minimum absolute atomic E-state index is 0.0570. The quantitative estimate of drug-likeness (QED) is 0.796. The molecule has 1 aromatic carbocycles. The number of nitrogens with zero attached hydrogens (tertiary/aromatic N) is 2. The molecule has 112 valence electrons. The molecule has 1 saturated carbocycles. The van der Waals surface area contributed by atoms with E-state index < -0.39 is 0 Å². The molecule has 0 aliphatic heterocycles. The van der Waals surface area contributed by atoms with Crippen molar-refractivity contribution in [1.82, 2.24) is 9.13 Å². The fraction of sp³-hybridized carbons (Fsp3) is 0.529. The van der Waals surface area contributed by atoms with Crippen LogP contribution in [0.1, 0.15) is 49.4 Å². The average molecular weight is 286 g/mol. The normalized spacial score (nSPS) is 18.0. The summed E-state index contributed by atoms with van der Waals surface area (Å²) in [4.78, 5) is 24.8. The van der Waals surface area contributed by atoms with Crippen LogP contribution in [0.5, 0.6) is 0 Å². The highest BCUT2D eigenvalue weighted by molar-refractivity contribution is 6.02. The summed E-state index contributed by atoms with van der Waals surface area (Å²) in [5.74, 6) is 0.223. The standard InChI is InChI=1S/C17H22N2O2/c1-17(9-5-4-6-10-17)15(20)12-7-8-13-14(11-12)19(3)16(21)18(13)2/h7-8,11H,4-6,9-10H2,1-3H3. The van der Waals surface area contributed by atoms with Crippen LogP contribution >= 0.6 is 0 Å². The zero-order chi connectivity index (χ0) is 15.2. The molecule has 0 spiro atoms. The third kappa shape index (κ3) is 2.13. The molecule has 0 saturated heterocycles. The Balaban J connectivity index is 2.07. The first-order chi connectivity index (χ1) is 9.94. The molecule has 0 bridgehead atoms. The second-order valence-corrected chi connectivity index (χ2v) is 6.55. The van der Waals surface area contributed by atoms with Crippen molar-refractivity contribution < 1.29 is 4.79 Å². The molecule has 3 rings (SSSR count). The molecule has 1 aliphatic rings. The molecule has 0 atom stereocenters. The molecular weight excluding hydrogens is 264 g/mol. The Hall–Kier alpha value is -1.84. The topological polar surface area (TPSA) is 44.0 Å². The zero-order valence-electron chi connectivity index (χ0n) is 13.0. The van der Waals surface area contributed by atoms with E-state index in [9.17, 15) is 9.59 Å². The van der Waals surface area contributed by atoms with Crippen LogP contribution in [0.15, 0.2) is 23.0 Å². The van der Waals surface area contributed by atoms with Gasteiger partial charge < -0.3 is 0 Å². The predicted molar refractivity (Wildman–Crippen MR) is 83.7 cm³/mol. The summed E-state index contributed by atoms with van der Waals surface area (Å²) < 4.78 is 3.22. The van der Waals surface area contributed by atoms with Gasteiger partial charge in [0.2, 0.25) is 0 Å². The van der Waals surface area contributed by atoms with Gasteiger partial charge in [0.15, 0.2) is 5.78 Å². The number of aryl methyl sites for hydroxylation is 2. The van der Waals surface area contributed by atoms with Gasteiger partial charge in [0.05, 0.1) is 11.0 Å². The molecule has 1 aliphatic carbocycles. The summed E-state index contributed by atoms with van der Waals surface area (Å²) in [5, 5.41) is 0. The number of rotatable bonds is 2. The predicted octanol–water partition coefficient (Wildman–Crippen LogP) is 3.03. The number of hydrogen-bond acceptors (Lipinski definition) is 2. The Morgan fingerprint density at radius 1 is 1.05 bits per heavy atom. The van der Waals surface area contributed by atoms with E-state index in [0.29, 0.717) is 0 Å². The minimum Gasteiger partial charge on any atom is -0.295 e. The van der Waals surface area contributed by atoms with Crippen molar-refractivity contribution >= 4 is 16.8 Å². The lowest BCUT2D eigenvalue weighted by Gasteiger charge is -2.32. The Kier molecular flexibility index (Phi) is 3.27. The van der Waals surface area contributed by atoms with E-state index in [0.717, 1.165) is 42.3 Å². The number of hydrogen-bond donors (Lipinski definition) is 0. The van der Waals surface area contributed by atoms with Crippen molar-refractivity contribution in [2.75, 3.05) is 0 Å². The second-order valence-electron chi connectivity index (χ2n) is 6.55. The molecular formula is C17H22N2O2. The summed E-state index contributed by atoms with van der Waals surface area (Å²) in [6.07, 6.45) is 5.44. The van der Waals surface area contributed by atoms with Gasteiger partial charge in [-0.1, -0.05) is 26.2 Å². The Morgan fingerprint density at radius 3 is 2.33 bits per heavy atom. The summed E-state index contributed by atoms with van der Waals surface area (Å²) in [7, 11) is 3.51. The van der Waals surface area contributed by atoms with E-state index in [4.69, 9.17) is 0 Å². The van der Waals surface area contributed by atoms with Gasteiger partial charge in [-0.25, -0.2) is 4.79 Å². The molecule has 0 radical (unpaired) electrons. The number of Topliss-reactive ketones (excluding diaryl/α,β-unsaturated/α-hetero) is 1. The van der Waals surface area contributed by atoms with E-state index in [1.807, 2.05) is 18.2 Å². The van der Waals surface area contributed by atoms with Crippen LogP contribution in [0.3, 0.4) is 0 Å². The van der Waals surface area contributed by atoms with E-state index in [1.54, 1.807) is 23.2 Å². The fourth-order valence-corrected chi connectivity index (χ4v) is 3.56. The lowest BCUT2D eigenvalue weighted by molar-refractivity contribution is 0.0749. The Bertz CT molecular complexity index is 761. The lowest BCUT2D eigenvalue weighted by Crippen LogP contribution is -2.30. The van der Waals surface area contributed by atoms with Crippen LogP contribution in [0.25, 0.3) is 11.0 Å². The average Bonchev–Trinajstić information content (AvgIpc) is 2.72. The third-order valence-electron chi connectivity index (χ3n) is 5.04. The number of carbonyl (C=O) groups excluding carboxylic acids is 1. The van der Waals surface area contributed by atoms with E-state index >= 15 is 0 Å². The summed E-state index contributed by atoms with van der Waals surface area (Å²) >= 11 is 0. The smallest absolute Gasteiger partial charge is 0.295 e. The van der Waals surface area contributed by atoms with Gasteiger partial charge in [0, 0.05) is 25.1 Å². The van der Waals surface area contributed by atoms with Crippen molar-refractivity contribution in [3.05, 3.63) is 34.2 Å². The molecule has 21 heavy (non-hydrogen) atoms. The van der Waals surface area contributed by atoms with Gasteiger partial charge in [-0.3, -0.25) is 13.9 Å². The summed E-state index contributed by atoms with van der Waals surface area (Å²) in [6.45, 7) is 2.09. The first-order valence-electron chi connectivity index (χ1n) is 7.64. The van der Waals surface area contributed by atoms with Gasteiger partial charge in [0.1, 0.15) is 0 Å². The van der Waals surface area contributed by atoms with E-state index in [1.165, 1.54) is 6.42 Å². The summed E-state index contributed by atoms with van der Waals surface area (Å²) in [6, 6.07) is 5.62. The summed E-state index contributed by atoms with van der Waals surface area (Å²) in [5.41, 5.74) is 2.13. The fourth-order valence-electron chi connectivity index (χ4n) is 3.56. The number of carbonyl (C=O) groups is 1. The molecule has 0 amide bonds. The maximum absolute atomic E-state index is 12.9. The Morgan fingerprint density at radius 2 is 1.67 bits per heavy atom. The maximum atomic E-state index is 12.9. The van der Waals surface area contributed by atoms with Crippen LogP contribution < -0.4 is 5.69 Å². The lowest BCUT2D eigenvalue weighted by atomic mass is 9.71. The van der Waals surface area contributed by atoms with Gasteiger partial charge in [-0.05, 0) is 31.0 Å². The zero-order valence-corrected chi connectivity index (χ0v) is 13.0. The highest BCUT2D eigenvalue weighted by Gasteiger charge is 2.35. The monoisotopic (exact) mass is 286 g/mol. The molecule has 1 fully saturated rings. The molecule has 2 aromatic rings. The molecule has 4 nitrogen and oxygen atoms in total. The van der Waals surface area contributed by atoms with Crippen LogP contribution in [-0.4, -0.2) is 14.9 Å². The Labute approximate surface area is 124 Å². The van der Waals surface area contributed by atoms with Crippen LogP contribution in [0, 0.1) is 5.41 Å². The highest BCUT2D eigenvalue weighted by atomic mass is 16.1. The first-order valence-corrected chi connectivity index (χ1v) is 7.64. The second kappa shape index (κ2) is 4.86. The van der Waals surface area contributed by atoms with Crippen LogP contribution in [-0.2, 0) is 14.1 Å². The van der Waals surface area contributed by atoms with Crippen molar-refractivity contribution in [3.8, 4) is 0 Å². The van der Waals surface area contributed by atoms with Crippen LogP contribution in [0.2, 0.25) is 0 Å². The molecule has 0 unspecified atom stereocenters. The third-order valence-corrected chi connectivity index (χ3v) is 5.04. The molecule has 1 aromatic heterocycles. The molecule has 1 heterocycles. The number of aromatic nitrogens is 2. The number of imidazole rings is 1. The van der Waals surface area contributed by atoms with Crippen LogP contribution in [0.4, 0.5) is 0 Å². The highest BCUT2D eigenvalue weighted by Crippen LogP contribution is 2.38. The number of ketones is 1. The maximum Gasteiger partial charge on any atom is 0.328 e. The van der Waals surface area contributed by atoms with Crippen molar-refractivity contribution in [1.29, 1.82) is 0 Å². The van der Waals surface area contributed by atoms with Gasteiger partial charge in [0.25, 0.3) is 0 Å². The largest absolute Gasteiger partial charge is 0.328 e. The number of benzene rings is 1. The van der Waals surface area contributed by atoms with Gasteiger partial charge in [-0.15, -0.1) is 0 Å². The van der Waals surface area contributed by atoms with Gasteiger partial charge in [-0.2, -0.15) is 0 Å². The molecule has 0 N–H and O–H groups in total. The van der Waals surface area contributed by atoms with Crippen molar-refractivity contribution in [3.63, 3.8) is 0 Å². The number of fused-ring (bicyclic) bond motifs is 1. The van der Waals surface area contributed by atoms with E-state index in [-0.39, 0.29) is 16.9 Å².